The highest BCUT2D eigenvalue weighted by atomic mass is 19.1. The minimum Gasteiger partial charge on any atom is -0.490 e. The third kappa shape index (κ3) is 3.43. The van der Waals surface area contributed by atoms with Crippen molar-refractivity contribution in [1.82, 2.24) is 5.32 Å². The van der Waals surface area contributed by atoms with E-state index in [0.717, 1.165) is 31.7 Å². The molecule has 17 heavy (non-hydrogen) atoms. The van der Waals surface area contributed by atoms with Crippen molar-refractivity contribution in [3.8, 4) is 5.75 Å². The van der Waals surface area contributed by atoms with Crippen molar-refractivity contribution < 1.29 is 9.13 Å². The van der Waals surface area contributed by atoms with E-state index < -0.39 is 5.67 Å². The van der Waals surface area contributed by atoms with Gasteiger partial charge in [0.05, 0.1) is 0 Å². The van der Waals surface area contributed by atoms with Crippen LogP contribution in [-0.4, -0.2) is 19.2 Å². The third-order valence-corrected chi connectivity index (χ3v) is 3.13. The van der Waals surface area contributed by atoms with Gasteiger partial charge in [-0.15, -0.1) is 0 Å². The van der Waals surface area contributed by atoms with Crippen LogP contribution in [0.4, 0.5) is 4.39 Å². The molecule has 2 nitrogen and oxygen atoms in total. The van der Waals surface area contributed by atoms with Gasteiger partial charge in [0, 0.05) is 0 Å². The molecule has 1 fully saturated rings. The Labute approximate surface area is 102 Å². The Morgan fingerprint density at radius 3 is 2.29 bits per heavy atom. The molecule has 1 saturated heterocycles. The second-order valence-corrected chi connectivity index (χ2v) is 5.06. The highest BCUT2D eigenvalue weighted by Gasteiger charge is 2.19. The SMILES string of the molecule is CC(C)(F)c1ccc(OC2CCNCC2)cc1. The molecule has 0 unspecified atom stereocenters. The predicted octanol–water partition coefficient (Wildman–Crippen LogP) is 3.02. The number of benzene rings is 1. The molecular weight excluding hydrogens is 217 g/mol. The van der Waals surface area contributed by atoms with E-state index in [1.165, 1.54) is 0 Å². The van der Waals surface area contributed by atoms with Crippen molar-refractivity contribution in [2.75, 3.05) is 13.1 Å². The normalized spacial score (nSPS) is 18.1. The van der Waals surface area contributed by atoms with E-state index in [1.54, 1.807) is 26.0 Å². The number of hydrogen-bond acceptors (Lipinski definition) is 2. The molecule has 2 rings (SSSR count). The molecule has 0 bridgehead atoms. The molecule has 0 saturated carbocycles. The van der Waals surface area contributed by atoms with Gasteiger partial charge < -0.3 is 10.1 Å². The number of nitrogens with one attached hydrogen (secondary N) is 1. The summed E-state index contributed by atoms with van der Waals surface area (Å²) in [6.45, 7) is 5.16. The fraction of sp³-hybridized carbons (Fsp3) is 0.571. The highest BCUT2D eigenvalue weighted by Crippen LogP contribution is 2.26. The maximum atomic E-state index is 13.7. The summed E-state index contributed by atoms with van der Waals surface area (Å²) in [6.07, 6.45) is 2.37. The average Bonchev–Trinajstić information content (AvgIpc) is 2.30. The molecule has 0 spiro atoms. The number of rotatable bonds is 3. The van der Waals surface area contributed by atoms with Crippen LogP contribution in [0.5, 0.6) is 5.75 Å². The van der Waals surface area contributed by atoms with E-state index >= 15 is 0 Å². The summed E-state index contributed by atoms with van der Waals surface area (Å²) in [7, 11) is 0. The maximum Gasteiger partial charge on any atom is 0.130 e. The lowest BCUT2D eigenvalue weighted by Crippen LogP contribution is -2.34. The van der Waals surface area contributed by atoms with Gasteiger partial charge in [-0.2, -0.15) is 0 Å². The molecule has 94 valence electrons. The Morgan fingerprint density at radius 2 is 1.76 bits per heavy atom. The summed E-state index contributed by atoms with van der Waals surface area (Å²) < 4.78 is 19.5. The standard InChI is InChI=1S/C14H20FNO/c1-14(2,15)11-3-5-12(6-4-11)17-13-7-9-16-10-8-13/h3-6,13,16H,7-10H2,1-2H3. The van der Waals surface area contributed by atoms with E-state index in [2.05, 4.69) is 5.32 Å². The lowest BCUT2D eigenvalue weighted by Gasteiger charge is -2.24. The molecule has 1 heterocycles. The molecule has 0 aliphatic carbocycles. The van der Waals surface area contributed by atoms with Crippen LogP contribution < -0.4 is 10.1 Å². The number of hydrogen-bond donors (Lipinski definition) is 1. The van der Waals surface area contributed by atoms with Crippen molar-refractivity contribution >= 4 is 0 Å². The lowest BCUT2D eigenvalue weighted by molar-refractivity contribution is 0.162. The summed E-state index contributed by atoms with van der Waals surface area (Å²) in [5, 5.41) is 3.30. The van der Waals surface area contributed by atoms with Crippen LogP contribution >= 0.6 is 0 Å². The van der Waals surface area contributed by atoms with Gasteiger partial charge in [-0.1, -0.05) is 12.1 Å². The van der Waals surface area contributed by atoms with Crippen LogP contribution in [0.25, 0.3) is 0 Å². The summed E-state index contributed by atoms with van der Waals surface area (Å²) in [4.78, 5) is 0. The summed E-state index contributed by atoms with van der Waals surface area (Å²) in [5.74, 6) is 0.838. The Hall–Kier alpha value is -1.09. The van der Waals surface area contributed by atoms with E-state index in [1.807, 2.05) is 12.1 Å². The van der Waals surface area contributed by atoms with Gasteiger partial charge in [0.15, 0.2) is 0 Å². The molecule has 1 aromatic carbocycles. The van der Waals surface area contributed by atoms with Crippen molar-refractivity contribution in [3.05, 3.63) is 29.8 Å². The average molecular weight is 237 g/mol. The fourth-order valence-electron chi connectivity index (χ4n) is 2.04. The third-order valence-electron chi connectivity index (χ3n) is 3.13. The molecule has 0 amide bonds. The Balaban J connectivity index is 1.98. The molecule has 1 aliphatic rings. The largest absolute Gasteiger partial charge is 0.490 e. The quantitative estimate of drug-likeness (QED) is 0.872. The molecule has 0 radical (unpaired) electrons. The fourth-order valence-corrected chi connectivity index (χ4v) is 2.04. The Bertz CT molecular complexity index is 349. The summed E-state index contributed by atoms with van der Waals surface area (Å²) in [5.41, 5.74) is -0.594. The van der Waals surface area contributed by atoms with Gasteiger partial charge in [0.2, 0.25) is 0 Å². The number of halogens is 1. The van der Waals surface area contributed by atoms with Crippen LogP contribution in [0, 0.1) is 0 Å². The molecular formula is C14H20FNO. The minimum absolute atomic E-state index is 0.292. The van der Waals surface area contributed by atoms with Crippen LogP contribution in [-0.2, 0) is 5.67 Å². The van der Waals surface area contributed by atoms with Crippen LogP contribution in [0.15, 0.2) is 24.3 Å². The topological polar surface area (TPSA) is 21.3 Å². The minimum atomic E-state index is -1.28. The molecule has 1 N–H and O–H groups in total. The second kappa shape index (κ2) is 5.05. The molecule has 1 aromatic rings. The van der Waals surface area contributed by atoms with Gasteiger partial charge >= 0.3 is 0 Å². The zero-order valence-corrected chi connectivity index (χ0v) is 10.5. The molecule has 0 aromatic heterocycles. The van der Waals surface area contributed by atoms with Crippen molar-refractivity contribution in [2.24, 2.45) is 0 Å². The Morgan fingerprint density at radius 1 is 1.18 bits per heavy atom. The maximum absolute atomic E-state index is 13.7. The monoisotopic (exact) mass is 237 g/mol. The zero-order valence-electron chi connectivity index (χ0n) is 10.5. The van der Waals surface area contributed by atoms with Gasteiger partial charge in [-0.25, -0.2) is 4.39 Å². The summed E-state index contributed by atoms with van der Waals surface area (Å²) >= 11 is 0. The van der Waals surface area contributed by atoms with E-state index in [0.29, 0.717) is 11.7 Å². The number of piperidine rings is 1. The first-order chi connectivity index (χ1) is 8.05. The first kappa shape index (κ1) is 12.4. The van der Waals surface area contributed by atoms with Gasteiger partial charge in [0.25, 0.3) is 0 Å². The van der Waals surface area contributed by atoms with Gasteiger partial charge in [-0.05, 0) is 57.5 Å². The van der Waals surface area contributed by atoms with Gasteiger partial charge in [-0.3, -0.25) is 0 Å². The van der Waals surface area contributed by atoms with Gasteiger partial charge in [0.1, 0.15) is 17.5 Å². The summed E-state index contributed by atoms with van der Waals surface area (Å²) in [6, 6.07) is 7.32. The molecule has 3 heteroatoms. The molecule has 1 aliphatic heterocycles. The molecule has 0 atom stereocenters. The van der Waals surface area contributed by atoms with E-state index in [-0.39, 0.29) is 0 Å². The first-order valence-corrected chi connectivity index (χ1v) is 6.22. The predicted molar refractivity (Wildman–Crippen MR) is 67.1 cm³/mol. The van der Waals surface area contributed by atoms with Crippen LogP contribution in [0.2, 0.25) is 0 Å². The van der Waals surface area contributed by atoms with Crippen molar-refractivity contribution in [1.29, 1.82) is 0 Å². The second-order valence-electron chi connectivity index (χ2n) is 5.06. The van der Waals surface area contributed by atoms with Crippen molar-refractivity contribution in [3.63, 3.8) is 0 Å². The van der Waals surface area contributed by atoms with E-state index in [9.17, 15) is 4.39 Å². The van der Waals surface area contributed by atoms with Crippen LogP contribution in [0.3, 0.4) is 0 Å². The van der Waals surface area contributed by atoms with Crippen LogP contribution in [0.1, 0.15) is 32.3 Å². The van der Waals surface area contributed by atoms with Crippen molar-refractivity contribution in [2.45, 2.75) is 38.5 Å². The number of ether oxygens (including phenoxy) is 1. The lowest BCUT2D eigenvalue weighted by atomic mass is 10.0. The number of alkyl halides is 1. The Kier molecular flexibility index (Phi) is 3.67. The smallest absolute Gasteiger partial charge is 0.130 e. The van der Waals surface area contributed by atoms with E-state index in [4.69, 9.17) is 4.74 Å². The highest BCUT2D eigenvalue weighted by molar-refractivity contribution is 5.30. The first-order valence-electron chi connectivity index (χ1n) is 6.22. The zero-order chi connectivity index (χ0) is 12.3.